The monoisotopic (exact) mass is 442 g/mol. The van der Waals surface area contributed by atoms with Crippen LogP contribution in [-0.4, -0.2) is 5.78 Å². The Morgan fingerprint density at radius 3 is 2.24 bits per heavy atom. The fourth-order valence-electron chi connectivity index (χ4n) is 2.80. The van der Waals surface area contributed by atoms with Gasteiger partial charge in [0.05, 0.1) is 15.1 Å². The summed E-state index contributed by atoms with van der Waals surface area (Å²) < 4.78 is 11.4. The van der Waals surface area contributed by atoms with Gasteiger partial charge in [0.1, 0.15) is 17.3 Å². The van der Waals surface area contributed by atoms with Gasteiger partial charge in [0.2, 0.25) is 5.78 Å². The van der Waals surface area contributed by atoms with E-state index >= 15 is 0 Å². The Kier molecular flexibility index (Phi) is 5.63. The van der Waals surface area contributed by atoms with Gasteiger partial charge >= 0.3 is 0 Å². The molecule has 0 amide bonds. The molecule has 0 atom stereocenters. The summed E-state index contributed by atoms with van der Waals surface area (Å²) in [6, 6.07) is 19.4. The zero-order chi connectivity index (χ0) is 20.4. The van der Waals surface area contributed by atoms with Gasteiger partial charge in [0.25, 0.3) is 0 Å². The van der Waals surface area contributed by atoms with Crippen LogP contribution in [0, 0.1) is 0 Å². The zero-order valence-corrected chi connectivity index (χ0v) is 17.1. The molecule has 0 unspecified atom stereocenters. The first kappa shape index (κ1) is 19.6. The lowest BCUT2D eigenvalue weighted by atomic mass is 10.2. The summed E-state index contributed by atoms with van der Waals surface area (Å²) in [6.45, 7) is 0. The highest BCUT2D eigenvalue weighted by Gasteiger charge is 2.13. The van der Waals surface area contributed by atoms with Crippen molar-refractivity contribution in [2.45, 2.75) is 0 Å². The third-order valence-electron chi connectivity index (χ3n) is 4.23. The number of ketones is 1. The maximum atomic E-state index is 12.4. The van der Waals surface area contributed by atoms with E-state index in [1.165, 1.54) is 6.08 Å². The molecule has 0 fully saturated rings. The molecule has 0 spiro atoms. The molecule has 2 aromatic carbocycles. The molecule has 0 aliphatic heterocycles. The topological polar surface area (TPSA) is 43.4 Å². The first-order valence-electron chi connectivity index (χ1n) is 8.64. The lowest BCUT2D eigenvalue weighted by molar-refractivity contribution is 0.102. The summed E-state index contributed by atoms with van der Waals surface area (Å²) in [5.41, 5.74) is 1.41. The number of rotatable bonds is 5. The van der Waals surface area contributed by atoms with Crippen LogP contribution in [0.1, 0.15) is 16.3 Å². The Hall–Kier alpha value is -2.72. The van der Waals surface area contributed by atoms with E-state index in [-0.39, 0.29) is 11.5 Å². The molecule has 0 aliphatic carbocycles. The number of allylic oxidation sites excluding steroid dienone is 1. The van der Waals surface area contributed by atoms with Crippen molar-refractivity contribution in [2.75, 3.05) is 0 Å². The highest BCUT2D eigenvalue weighted by atomic mass is 35.5. The van der Waals surface area contributed by atoms with Gasteiger partial charge < -0.3 is 8.83 Å². The van der Waals surface area contributed by atoms with E-state index in [0.717, 1.165) is 5.56 Å². The Morgan fingerprint density at radius 2 is 1.41 bits per heavy atom. The molecule has 144 valence electrons. The van der Waals surface area contributed by atoms with Crippen molar-refractivity contribution in [3.63, 3.8) is 0 Å². The van der Waals surface area contributed by atoms with Gasteiger partial charge in [-0.25, -0.2) is 0 Å². The van der Waals surface area contributed by atoms with Crippen molar-refractivity contribution in [2.24, 2.45) is 0 Å². The van der Waals surface area contributed by atoms with Gasteiger partial charge in [0.15, 0.2) is 5.76 Å². The van der Waals surface area contributed by atoms with Crippen molar-refractivity contribution in [1.29, 1.82) is 0 Å². The van der Waals surface area contributed by atoms with E-state index in [1.807, 2.05) is 24.3 Å². The first-order chi connectivity index (χ1) is 14.0. The summed E-state index contributed by atoms with van der Waals surface area (Å²) >= 11 is 18.4. The average molecular weight is 444 g/mol. The molecule has 4 aromatic rings. The molecule has 0 saturated heterocycles. The van der Waals surface area contributed by atoms with Gasteiger partial charge in [-0.1, -0.05) is 53.0 Å². The summed E-state index contributed by atoms with van der Waals surface area (Å²) in [5.74, 6) is 1.51. The molecular formula is C23H13Cl3O3. The van der Waals surface area contributed by atoms with Crippen LogP contribution in [-0.2, 0) is 0 Å². The second kappa shape index (κ2) is 8.34. The van der Waals surface area contributed by atoms with Crippen molar-refractivity contribution in [1.82, 2.24) is 0 Å². The predicted octanol–water partition coefficient (Wildman–Crippen LogP) is 8.06. The minimum absolute atomic E-state index is 0.209. The predicted molar refractivity (Wildman–Crippen MR) is 117 cm³/mol. The molecule has 3 nitrogen and oxygen atoms in total. The van der Waals surface area contributed by atoms with E-state index in [2.05, 4.69) is 0 Å². The fourth-order valence-corrected chi connectivity index (χ4v) is 3.42. The van der Waals surface area contributed by atoms with E-state index in [9.17, 15) is 4.79 Å². The number of halogens is 3. The van der Waals surface area contributed by atoms with Crippen molar-refractivity contribution in [3.8, 4) is 22.6 Å². The molecule has 6 heteroatoms. The number of furan rings is 2. The maximum absolute atomic E-state index is 12.4. The van der Waals surface area contributed by atoms with E-state index in [1.54, 1.807) is 48.5 Å². The molecule has 0 radical (unpaired) electrons. The SMILES string of the molecule is O=C(/C=C/c1ccc(-c2cccc(Cl)c2Cl)o1)c1ccc(-c2ccccc2Cl)o1. The number of hydrogen-bond donors (Lipinski definition) is 0. The number of carbonyl (C=O) groups is 1. The standard InChI is InChI=1S/C23H13Cl3O3/c24-17-6-2-1-4-15(17)20-12-13-22(29-20)19(27)10-8-14-9-11-21(28-14)16-5-3-7-18(25)23(16)26/h1-13H/b10-8+. The zero-order valence-electron chi connectivity index (χ0n) is 14.9. The van der Waals surface area contributed by atoms with Gasteiger partial charge in [-0.15, -0.1) is 0 Å². The van der Waals surface area contributed by atoms with Crippen LogP contribution >= 0.6 is 34.8 Å². The van der Waals surface area contributed by atoms with Crippen LogP contribution in [0.25, 0.3) is 28.7 Å². The highest BCUT2D eigenvalue weighted by Crippen LogP contribution is 2.34. The summed E-state index contributed by atoms with van der Waals surface area (Å²) in [7, 11) is 0. The van der Waals surface area contributed by atoms with E-state index in [4.69, 9.17) is 43.6 Å². The fraction of sp³-hybridized carbons (Fsp3) is 0. The molecule has 2 heterocycles. The maximum Gasteiger partial charge on any atom is 0.221 e. The minimum Gasteiger partial charge on any atom is -0.457 e. The first-order valence-corrected chi connectivity index (χ1v) is 9.77. The van der Waals surface area contributed by atoms with Gasteiger partial charge in [-0.05, 0) is 60.7 Å². The van der Waals surface area contributed by atoms with Crippen molar-refractivity contribution < 1.29 is 13.6 Å². The molecule has 0 aliphatic rings. The van der Waals surface area contributed by atoms with Crippen LogP contribution in [0.3, 0.4) is 0 Å². The number of hydrogen-bond acceptors (Lipinski definition) is 3. The smallest absolute Gasteiger partial charge is 0.221 e. The largest absolute Gasteiger partial charge is 0.457 e. The minimum atomic E-state index is -0.290. The van der Waals surface area contributed by atoms with Crippen molar-refractivity contribution >= 4 is 46.7 Å². The Labute approximate surface area is 182 Å². The number of benzene rings is 2. The Bertz CT molecular complexity index is 1220. The van der Waals surface area contributed by atoms with Gasteiger partial charge in [-0.3, -0.25) is 4.79 Å². The van der Waals surface area contributed by atoms with Crippen LogP contribution in [0.5, 0.6) is 0 Å². The lowest BCUT2D eigenvalue weighted by Crippen LogP contribution is -1.90. The molecule has 0 N–H and O–H groups in total. The third-order valence-corrected chi connectivity index (χ3v) is 5.38. The van der Waals surface area contributed by atoms with Crippen LogP contribution < -0.4 is 0 Å². The summed E-state index contributed by atoms with van der Waals surface area (Å²) in [6.07, 6.45) is 2.96. The molecule has 2 aromatic heterocycles. The Balaban J connectivity index is 1.52. The van der Waals surface area contributed by atoms with Crippen LogP contribution in [0.4, 0.5) is 0 Å². The van der Waals surface area contributed by atoms with Gasteiger partial charge in [0, 0.05) is 11.1 Å². The average Bonchev–Trinajstić information content (AvgIpc) is 3.38. The summed E-state index contributed by atoms with van der Waals surface area (Å²) in [4.78, 5) is 12.4. The summed E-state index contributed by atoms with van der Waals surface area (Å²) in [5, 5.41) is 1.41. The second-order valence-corrected chi connectivity index (χ2v) is 7.34. The molecule has 0 saturated carbocycles. The second-order valence-electron chi connectivity index (χ2n) is 6.14. The highest BCUT2D eigenvalue weighted by molar-refractivity contribution is 6.43. The quantitative estimate of drug-likeness (QED) is 0.231. The molecule has 4 rings (SSSR count). The van der Waals surface area contributed by atoms with Crippen LogP contribution in [0.2, 0.25) is 15.1 Å². The lowest BCUT2D eigenvalue weighted by Gasteiger charge is -2.01. The molecule has 29 heavy (non-hydrogen) atoms. The Morgan fingerprint density at radius 1 is 0.724 bits per heavy atom. The molecule has 0 bridgehead atoms. The third kappa shape index (κ3) is 4.18. The van der Waals surface area contributed by atoms with Crippen LogP contribution in [0.15, 0.2) is 81.6 Å². The van der Waals surface area contributed by atoms with Crippen molar-refractivity contribution in [3.05, 3.63) is 99.4 Å². The van der Waals surface area contributed by atoms with E-state index in [0.29, 0.717) is 37.9 Å². The number of carbonyl (C=O) groups excluding carboxylic acids is 1. The normalized spacial score (nSPS) is 11.3. The molecular weight excluding hydrogens is 431 g/mol. The van der Waals surface area contributed by atoms with Gasteiger partial charge in [-0.2, -0.15) is 0 Å². The van der Waals surface area contributed by atoms with E-state index < -0.39 is 0 Å².